The smallest absolute Gasteiger partial charge is 0.267 e. The molecule has 0 aliphatic carbocycles. The fraction of sp³-hybridized carbons (Fsp3) is 0.182. The fourth-order valence-corrected chi connectivity index (χ4v) is 2.63. The Kier molecular flexibility index (Phi) is 3.34. The molecule has 0 unspecified atom stereocenters. The van der Waals surface area contributed by atoms with Gasteiger partial charge in [0.15, 0.2) is 14.9 Å². The molecule has 100 valence electrons. The summed E-state index contributed by atoms with van der Waals surface area (Å²) in [6, 6.07) is 5.77. The molecule has 0 saturated carbocycles. The Balaban J connectivity index is 2.58. The van der Waals surface area contributed by atoms with E-state index in [2.05, 4.69) is 10.2 Å². The highest BCUT2D eigenvalue weighted by Crippen LogP contribution is 2.28. The van der Waals surface area contributed by atoms with Gasteiger partial charge < -0.3 is 0 Å². The number of nitrogens with one attached hydrogen (secondary N) is 1. The van der Waals surface area contributed by atoms with Gasteiger partial charge in [-0.05, 0) is 5.56 Å². The van der Waals surface area contributed by atoms with E-state index in [1.165, 1.54) is 31.3 Å². The van der Waals surface area contributed by atoms with Crippen LogP contribution in [-0.4, -0.2) is 29.3 Å². The average Bonchev–Trinajstić information content (AvgIpc) is 2.89. The maximum absolute atomic E-state index is 11.9. The zero-order chi connectivity index (χ0) is 14.0. The summed E-state index contributed by atoms with van der Waals surface area (Å²) in [6.07, 6.45) is 1.35. The number of hydrogen-bond acceptors (Lipinski definition) is 5. The van der Waals surface area contributed by atoms with Gasteiger partial charge in [-0.3, -0.25) is 15.2 Å². The molecule has 0 fully saturated rings. The van der Waals surface area contributed by atoms with Crippen molar-refractivity contribution in [3.63, 3.8) is 0 Å². The third kappa shape index (κ3) is 2.48. The second kappa shape index (κ2) is 4.81. The minimum absolute atomic E-state index is 0.0181. The number of non-ortho nitro benzene ring substituents is 1. The van der Waals surface area contributed by atoms with Gasteiger partial charge in [0.25, 0.3) is 5.69 Å². The van der Waals surface area contributed by atoms with Crippen molar-refractivity contribution in [2.75, 3.05) is 5.75 Å². The van der Waals surface area contributed by atoms with E-state index in [0.717, 1.165) is 0 Å². The predicted octanol–water partition coefficient (Wildman–Crippen LogP) is 1.78. The molecular weight excluding hydrogens is 270 g/mol. The van der Waals surface area contributed by atoms with Gasteiger partial charge >= 0.3 is 0 Å². The summed E-state index contributed by atoms with van der Waals surface area (Å²) in [4.78, 5) is 10.2. The molecule has 2 rings (SSSR count). The Morgan fingerprint density at radius 1 is 1.42 bits per heavy atom. The van der Waals surface area contributed by atoms with Gasteiger partial charge in [0.05, 0.1) is 16.9 Å². The van der Waals surface area contributed by atoms with Crippen LogP contribution in [0.25, 0.3) is 11.1 Å². The van der Waals surface area contributed by atoms with Crippen LogP contribution in [0.15, 0.2) is 35.5 Å². The molecular formula is C11H11N3O4S. The first-order chi connectivity index (χ1) is 8.95. The molecule has 0 radical (unpaired) electrons. The van der Waals surface area contributed by atoms with Crippen LogP contribution in [0, 0.1) is 10.1 Å². The SMILES string of the molecule is CCS(=O)(=O)c1[nH]ncc1-c1cccc([N+](=O)[O-])c1. The van der Waals surface area contributed by atoms with Crippen molar-refractivity contribution in [1.82, 2.24) is 10.2 Å². The third-order valence-corrected chi connectivity index (χ3v) is 4.36. The number of hydrogen-bond donors (Lipinski definition) is 1. The monoisotopic (exact) mass is 281 g/mol. The molecule has 2 aromatic rings. The van der Waals surface area contributed by atoms with Crippen molar-refractivity contribution in [1.29, 1.82) is 0 Å². The molecule has 0 spiro atoms. The molecule has 8 heteroatoms. The normalized spacial score (nSPS) is 11.4. The molecule has 0 saturated heterocycles. The van der Waals surface area contributed by atoms with E-state index in [1.54, 1.807) is 6.07 Å². The number of nitro groups is 1. The molecule has 1 heterocycles. The number of H-pyrrole nitrogens is 1. The van der Waals surface area contributed by atoms with E-state index in [1.807, 2.05) is 0 Å². The van der Waals surface area contributed by atoms with E-state index in [9.17, 15) is 18.5 Å². The molecule has 7 nitrogen and oxygen atoms in total. The van der Waals surface area contributed by atoms with Crippen molar-refractivity contribution < 1.29 is 13.3 Å². The number of aromatic nitrogens is 2. The van der Waals surface area contributed by atoms with Crippen LogP contribution in [0.3, 0.4) is 0 Å². The molecule has 19 heavy (non-hydrogen) atoms. The van der Waals surface area contributed by atoms with Gasteiger partial charge in [0.2, 0.25) is 0 Å². The first-order valence-electron chi connectivity index (χ1n) is 5.46. The second-order valence-corrected chi connectivity index (χ2v) is 6.04. The highest BCUT2D eigenvalue weighted by atomic mass is 32.2. The average molecular weight is 281 g/mol. The molecule has 0 aliphatic rings. The molecule has 1 aromatic heterocycles. The lowest BCUT2D eigenvalue weighted by Crippen LogP contribution is -2.05. The second-order valence-electron chi connectivity index (χ2n) is 3.82. The quantitative estimate of drug-likeness (QED) is 0.679. The standard InChI is InChI=1S/C11H11N3O4S/c1-2-19(17,18)11-10(7-12-13-11)8-4-3-5-9(6-8)14(15)16/h3-7H,2H2,1H3,(H,12,13). The van der Waals surface area contributed by atoms with Crippen LogP contribution >= 0.6 is 0 Å². The first kappa shape index (κ1) is 13.2. The van der Waals surface area contributed by atoms with Crippen LogP contribution in [-0.2, 0) is 9.84 Å². The molecule has 0 amide bonds. The van der Waals surface area contributed by atoms with E-state index in [4.69, 9.17) is 0 Å². The number of nitro benzene ring substituents is 1. The van der Waals surface area contributed by atoms with E-state index < -0.39 is 14.8 Å². The van der Waals surface area contributed by atoms with E-state index in [0.29, 0.717) is 11.1 Å². The van der Waals surface area contributed by atoms with Gasteiger partial charge in [-0.15, -0.1) is 0 Å². The van der Waals surface area contributed by atoms with Crippen LogP contribution in [0.4, 0.5) is 5.69 Å². The predicted molar refractivity (Wildman–Crippen MR) is 68.4 cm³/mol. The lowest BCUT2D eigenvalue weighted by molar-refractivity contribution is -0.384. The van der Waals surface area contributed by atoms with E-state index in [-0.39, 0.29) is 16.5 Å². The summed E-state index contributed by atoms with van der Waals surface area (Å²) < 4.78 is 23.7. The van der Waals surface area contributed by atoms with Gasteiger partial charge in [0, 0.05) is 17.7 Å². The van der Waals surface area contributed by atoms with Crippen LogP contribution < -0.4 is 0 Å². The van der Waals surface area contributed by atoms with Crippen molar-refractivity contribution in [3.8, 4) is 11.1 Å². The Morgan fingerprint density at radius 2 is 2.16 bits per heavy atom. The largest absolute Gasteiger partial charge is 0.270 e. The van der Waals surface area contributed by atoms with Crippen molar-refractivity contribution in [2.45, 2.75) is 11.9 Å². The number of sulfone groups is 1. The summed E-state index contributed by atoms with van der Waals surface area (Å²) >= 11 is 0. The Labute approximate surface area is 109 Å². The maximum Gasteiger partial charge on any atom is 0.270 e. The van der Waals surface area contributed by atoms with Crippen molar-refractivity contribution in [2.24, 2.45) is 0 Å². The van der Waals surface area contributed by atoms with Gasteiger partial charge in [-0.2, -0.15) is 5.10 Å². The summed E-state index contributed by atoms with van der Waals surface area (Å²) in [5.41, 5.74) is 0.680. The molecule has 0 atom stereocenters. The Bertz CT molecular complexity index is 721. The maximum atomic E-state index is 11.9. The first-order valence-corrected chi connectivity index (χ1v) is 7.12. The third-order valence-electron chi connectivity index (χ3n) is 2.66. The summed E-state index contributed by atoms with van der Waals surface area (Å²) in [6.45, 7) is 1.52. The van der Waals surface area contributed by atoms with Crippen LogP contribution in [0.2, 0.25) is 0 Å². The van der Waals surface area contributed by atoms with Crippen LogP contribution in [0.1, 0.15) is 6.92 Å². The van der Waals surface area contributed by atoms with Crippen LogP contribution in [0.5, 0.6) is 0 Å². The molecule has 0 aliphatic heterocycles. The summed E-state index contributed by atoms with van der Waals surface area (Å²) in [5, 5.41) is 16.9. The topological polar surface area (TPSA) is 106 Å². The Hall–Kier alpha value is -2.22. The fourth-order valence-electron chi connectivity index (χ4n) is 1.65. The highest BCUT2D eigenvalue weighted by molar-refractivity contribution is 7.91. The lowest BCUT2D eigenvalue weighted by Gasteiger charge is -2.03. The number of aromatic amines is 1. The minimum atomic E-state index is -3.45. The Morgan fingerprint density at radius 3 is 2.79 bits per heavy atom. The summed E-state index contributed by atoms with van der Waals surface area (Å²) in [7, 11) is -3.45. The van der Waals surface area contributed by atoms with Crippen molar-refractivity contribution >= 4 is 15.5 Å². The number of rotatable bonds is 4. The highest BCUT2D eigenvalue weighted by Gasteiger charge is 2.20. The van der Waals surface area contributed by atoms with Gasteiger partial charge in [0.1, 0.15) is 0 Å². The van der Waals surface area contributed by atoms with E-state index >= 15 is 0 Å². The minimum Gasteiger partial charge on any atom is -0.267 e. The number of benzene rings is 1. The molecule has 0 bridgehead atoms. The molecule has 1 aromatic carbocycles. The number of nitrogens with zero attached hydrogens (tertiary/aromatic N) is 2. The zero-order valence-electron chi connectivity index (χ0n) is 10.0. The van der Waals surface area contributed by atoms with Gasteiger partial charge in [-0.25, -0.2) is 8.42 Å². The van der Waals surface area contributed by atoms with Gasteiger partial charge in [-0.1, -0.05) is 19.1 Å². The summed E-state index contributed by atoms with van der Waals surface area (Å²) in [5.74, 6) is -0.0723. The van der Waals surface area contributed by atoms with Crippen molar-refractivity contribution in [3.05, 3.63) is 40.6 Å². The lowest BCUT2D eigenvalue weighted by atomic mass is 10.1. The zero-order valence-corrected chi connectivity index (χ0v) is 10.8. The molecule has 1 N–H and O–H groups in total.